The van der Waals surface area contributed by atoms with Gasteiger partial charge in [0.2, 0.25) is 5.13 Å². The number of nitrogens with zero attached hydrogens (tertiary/aromatic N) is 4. The summed E-state index contributed by atoms with van der Waals surface area (Å²) < 4.78 is 19.4. The highest BCUT2D eigenvalue weighted by atomic mass is 32.1. The molecular formula is C23H15FN4O2S. The van der Waals surface area contributed by atoms with Crippen molar-refractivity contribution < 1.29 is 13.9 Å². The molecular weight excluding hydrogens is 415 g/mol. The van der Waals surface area contributed by atoms with Crippen molar-refractivity contribution in [2.24, 2.45) is 5.10 Å². The number of hydrogen-bond donors (Lipinski definition) is 0. The Bertz CT molecular complexity index is 1310. The van der Waals surface area contributed by atoms with E-state index in [1.807, 2.05) is 6.07 Å². The van der Waals surface area contributed by atoms with Gasteiger partial charge < -0.3 is 4.74 Å². The number of hydrogen-bond acceptors (Lipinski definition) is 6. The fraction of sp³-hybridized carbons (Fsp3) is 0.0435. The lowest BCUT2D eigenvalue weighted by molar-refractivity contribution is 0.0988. The zero-order chi connectivity index (χ0) is 21.8. The molecule has 152 valence electrons. The van der Waals surface area contributed by atoms with Crippen LogP contribution in [0.3, 0.4) is 0 Å². The zero-order valence-electron chi connectivity index (χ0n) is 16.3. The van der Waals surface area contributed by atoms with Crippen LogP contribution in [0.1, 0.15) is 21.5 Å². The molecule has 0 aliphatic heterocycles. The number of thiazole rings is 1. The minimum Gasteiger partial charge on any atom is -0.497 e. The smallest absolute Gasteiger partial charge is 0.280 e. The molecule has 1 heterocycles. The van der Waals surface area contributed by atoms with E-state index >= 15 is 0 Å². The van der Waals surface area contributed by atoms with Crippen molar-refractivity contribution in [3.05, 3.63) is 89.2 Å². The summed E-state index contributed by atoms with van der Waals surface area (Å²) in [4.78, 5) is 17.7. The number of fused-ring (bicyclic) bond motifs is 1. The van der Waals surface area contributed by atoms with E-state index in [0.717, 1.165) is 16.9 Å². The third-order valence-corrected chi connectivity index (χ3v) is 5.41. The first kappa shape index (κ1) is 20.2. The van der Waals surface area contributed by atoms with Gasteiger partial charge in [-0.15, -0.1) is 0 Å². The van der Waals surface area contributed by atoms with E-state index in [4.69, 9.17) is 10.00 Å². The second kappa shape index (κ2) is 8.73. The molecule has 0 saturated carbocycles. The first-order chi connectivity index (χ1) is 15.1. The molecule has 4 rings (SSSR count). The molecule has 0 unspecified atom stereocenters. The molecule has 0 radical (unpaired) electrons. The summed E-state index contributed by atoms with van der Waals surface area (Å²) in [6, 6.07) is 19.7. The van der Waals surface area contributed by atoms with Gasteiger partial charge in [0.1, 0.15) is 11.6 Å². The van der Waals surface area contributed by atoms with Crippen molar-refractivity contribution in [2.75, 3.05) is 12.1 Å². The van der Waals surface area contributed by atoms with E-state index in [0.29, 0.717) is 32.2 Å². The third-order valence-electron chi connectivity index (χ3n) is 4.41. The predicted octanol–water partition coefficient (Wildman–Crippen LogP) is 5.00. The summed E-state index contributed by atoms with van der Waals surface area (Å²) in [5.41, 5.74) is 2.11. The molecule has 0 spiro atoms. The maximum atomic E-state index is 13.6. The molecule has 0 fully saturated rings. The fourth-order valence-electron chi connectivity index (χ4n) is 2.79. The van der Waals surface area contributed by atoms with E-state index in [1.165, 1.54) is 23.4 Å². The van der Waals surface area contributed by atoms with Crippen LogP contribution in [0, 0.1) is 17.1 Å². The minimum atomic E-state index is -0.422. The highest BCUT2D eigenvalue weighted by molar-refractivity contribution is 7.22. The average Bonchev–Trinajstić information content (AvgIpc) is 3.22. The summed E-state index contributed by atoms with van der Waals surface area (Å²) in [5.74, 6) is -0.0981. The zero-order valence-corrected chi connectivity index (χ0v) is 17.1. The number of carbonyl (C=O) groups is 1. The number of amides is 1. The van der Waals surface area contributed by atoms with Crippen LogP contribution in [-0.2, 0) is 0 Å². The van der Waals surface area contributed by atoms with Crippen LogP contribution in [0.4, 0.5) is 9.52 Å². The normalized spacial score (nSPS) is 10.9. The number of nitriles is 1. The number of ether oxygens (including phenoxy) is 1. The van der Waals surface area contributed by atoms with Crippen molar-refractivity contribution in [1.29, 1.82) is 5.26 Å². The molecule has 0 saturated heterocycles. The lowest BCUT2D eigenvalue weighted by Crippen LogP contribution is -2.25. The number of benzene rings is 3. The maximum Gasteiger partial charge on any atom is 0.280 e. The maximum absolute atomic E-state index is 13.6. The first-order valence-corrected chi connectivity index (χ1v) is 9.98. The molecule has 1 aromatic heterocycles. The number of hydrazone groups is 1. The van der Waals surface area contributed by atoms with Gasteiger partial charge in [0, 0.05) is 5.56 Å². The van der Waals surface area contributed by atoms with Crippen LogP contribution in [-0.4, -0.2) is 24.2 Å². The Labute approximate surface area is 181 Å². The standard InChI is InChI=1S/C23H15FN4O2S/c1-30-19-9-4-16(5-10-19)14-26-28(22(29)17-6-2-15(13-25)3-7-17)23-27-20-11-8-18(24)12-21(20)31-23/h2-12,14H,1H3/b26-14+. The second-order valence-corrected chi connectivity index (χ2v) is 7.44. The summed E-state index contributed by atoms with van der Waals surface area (Å²) in [7, 11) is 1.58. The summed E-state index contributed by atoms with van der Waals surface area (Å²) >= 11 is 1.16. The second-order valence-electron chi connectivity index (χ2n) is 6.43. The van der Waals surface area contributed by atoms with Gasteiger partial charge in [-0.05, 0) is 72.3 Å². The predicted molar refractivity (Wildman–Crippen MR) is 118 cm³/mol. The van der Waals surface area contributed by atoms with Crippen molar-refractivity contribution in [2.45, 2.75) is 0 Å². The largest absolute Gasteiger partial charge is 0.497 e. The van der Waals surface area contributed by atoms with Gasteiger partial charge in [0.15, 0.2) is 0 Å². The quantitative estimate of drug-likeness (QED) is 0.330. The Balaban J connectivity index is 1.73. The first-order valence-electron chi connectivity index (χ1n) is 9.16. The summed E-state index contributed by atoms with van der Waals surface area (Å²) in [5, 5.41) is 14.8. The van der Waals surface area contributed by atoms with Gasteiger partial charge in [-0.25, -0.2) is 9.37 Å². The highest BCUT2D eigenvalue weighted by Gasteiger charge is 2.21. The van der Waals surface area contributed by atoms with Gasteiger partial charge >= 0.3 is 0 Å². The Morgan fingerprint density at radius 1 is 1.16 bits per heavy atom. The molecule has 6 nitrogen and oxygen atoms in total. The molecule has 0 bridgehead atoms. The van der Waals surface area contributed by atoms with E-state index in [9.17, 15) is 9.18 Å². The molecule has 31 heavy (non-hydrogen) atoms. The van der Waals surface area contributed by atoms with Crippen LogP contribution in [0.25, 0.3) is 10.2 Å². The molecule has 0 N–H and O–H groups in total. The monoisotopic (exact) mass is 430 g/mol. The van der Waals surface area contributed by atoms with E-state index in [1.54, 1.807) is 61.7 Å². The van der Waals surface area contributed by atoms with E-state index in [-0.39, 0.29) is 5.82 Å². The molecule has 4 aromatic rings. The molecule has 0 atom stereocenters. The molecule has 8 heteroatoms. The van der Waals surface area contributed by atoms with Crippen LogP contribution < -0.4 is 9.75 Å². The molecule has 0 aliphatic rings. The number of anilines is 1. The molecule has 0 aliphatic carbocycles. The summed E-state index contributed by atoms with van der Waals surface area (Å²) in [6.07, 6.45) is 1.54. The Kier molecular flexibility index (Phi) is 5.69. The average molecular weight is 430 g/mol. The van der Waals surface area contributed by atoms with Crippen molar-refractivity contribution in [3.8, 4) is 11.8 Å². The van der Waals surface area contributed by atoms with Gasteiger partial charge in [-0.2, -0.15) is 15.4 Å². The number of aromatic nitrogens is 1. The number of methoxy groups -OCH3 is 1. The van der Waals surface area contributed by atoms with Crippen LogP contribution in [0.5, 0.6) is 5.75 Å². The topological polar surface area (TPSA) is 78.6 Å². The van der Waals surface area contributed by atoms with E-state index in [2.05, 4.69) is 10.1 Å². The van der Waals surface area contributed by atoms with Crippen LogP contribution >= 0.6 is 11.3 Å². The molecule has 3 aromatic carbocycles. The highest BCUT2D eigenvalue weighted by Crippen LogP contribution is 2.30. The van der Waals surface area contributed by atoms with Gasteiger partial charge in [-0.1, -0.05) is 11.3 Å². The summed E-state index contributed by atoms with van der Waals surface area (Å²) in [6.45, 7) is 0. The lowest BCUT2D eigenvalue weighted by atomic mass is 10.1. The van der Waals surface area contributed by atoms with Crippen molar-refractivity contribution in [1.82, 2.24) is 4.98 Å². The van der Waals surface area contributed by atoms with Crippen molar-refractivity contribution in [3.63, 3.8) is 0 Å². The minimum absolute atomic E-state index is 0.305. The SMILES string of the molecule is COc1ccc(/C=N/N(C(=O)c2ccc(C#N)cc2)c2nc3ccc(F)cc3s2)cc1. The Hall–Kier alpha value is -4.09. The van der Waals surface area contributed by atoms with Gasteiger partial charge in [-0.3, -0.25) is 4.79 Å². The number of carbonyl (C=O) groups excluding carboxylic acids is 1. The van der Waals surface area contributed by atoms with Crippen LogP contribution in [0.2, 0.25) is 0 Å². The number of rotatable bonds is 5. The lowest BCUT2D eigenvalue weighted by Gasteiger charge is -2.14. The van der Waals surface area contributed by atoms with Crippen LogP contribution in [0.15, 0.2) is 71.8 Å². The van der Waals surface area contributed by atoms with E-state index < -0.39 is 5.91 Å². The van der Waals surface area contributed by atoms with Gasteiger partial charge in [0.25, 0.3) is 5.91 Å². The third kappa shape index (κ3) is 4.42. The Morgan fingerprint density at radius 3 is 2.58 bits per heavy atom. The van der Waals surface area contributed by atoms with Gasteiger partial charge in [0.05, 0.1) is 35.2 Å². The fourth-order valence-corrected chi connectivity index (χ4v) is 3.74. The van der Waals surface area contributed by atoms with Crippen molar-refractivity contribution >= 4 is 38.8 Å². The Morgan fingerprint density at radius 2 is 1.90 bits per heavy atom. The molecule has 1 amide bonds. The number of halogens is 1.